The summed E-state index contributed by atoms with van der Waals surface area (Å²) >= 11 is 0. The first-order valence-corrected chi connectivity index (χ1v) is 6.43. The molecule has 0 aliphatic rings. The molecule has 0 unspecified atom stereocenters. The maximum atomic E-state index is 11.5. The van der Waals surface area contributed by atoms with Crippen molar-refractivity contribution in [1.29, 1.82) is 0 Å². The molecule has 1 N–H and O–H groups in total. The van der Waals surface area contributed by atoms with Crippen molar-refractivity contribution in [3.8, 4) is 0 Å². The second-order valence-electron chi connectivity index (χ2n) is 4.02. The van der Waals surface area contributed by atoms with E-state index in [1.165, 1.54) is 25.3 Å². The predicted octanol–water partition coefficient (Wildman–Crippen LogP) is 2.89. The molecule has 0 aromatic heterocycles. The summed E-state index contributed by atoms with van der Waals surface area (Å²) in [6, 6.07) is 0. The molecule has 0 aromatic rings. The Morgan fingerprint density at radius 2 is 1.88 bits per heavy atom. The van der Waals surface area contributed by atoms with Crippen molar-refractivity contribution in [1.82, 2.24) is 10.4 Å². The van der Waals surface area contributed by atoms with E-state index in [4.69, 9.17) is 0 Å². The quantitative estimate of drug-likeness (QED) is 0.353. The van der Waals surface area contributed by atoms with Crippen LogP contribution in [0.1, 0.15) is 52.4 Å². The Hall–Kier alpha value is -0.830. The van der Waals surface area contributed by atoms with Crippen LogP contribution in [0.3, 0.4) is 0 Å². The van der Waals surface area contributed by atoms with Crippen molar-refractivity contribution < 1.29 is 4.79 Å². The van der Waals surface area contributed by atoms with Gasteiger partial charge in [-0.2, -0.15) is 0 Å². The number of nitrogens with one attached hydrogen (secondary N) is 1. The highest BCUT2D eigenvalue weighted by Gasteiger charge is 2.07. The van der Waals surface area contributed by atoms with Gasteiger partial charge in [0.15, 0.2) is 0 Å². The summed E-state index contributed by atoms with van der Waals surface area (Å²) in [7, 11) is 0. The smallest absolute Gasteiger partial charge is 0.260 e. The van der Waals surface area contributed by atoms with E-state index < -0.39 is 0 Å². The van der Waals surface area contributed by atoms with Crippen LogP contribution in [0.4, 0.5) is 0 Å². The molecule has 94 valence electrons. The van der Waals surface area contributed by atoms with E-state index in [0.717, 1.165) is 32.4 Å². The molecule has 0 radical (unpaired) electrons. The van der Waals surface area contributed by atoms with Gasteiger partial charge in [-0.3, -0.25) is 9.80 Å². The van der Waals surface area contributed by atoms with E-state index in [9.17, 15) is 4.79 Å². The molecule has 0 aliphatic carbocycles. The number of hydrogen-bond acceptors (Lipinski definition) is 2. The summed E-state index contributed by atoms with van der Waals surface area (Å²) in [5, 5.41) is 1.68. The van der Waals surface area contributed by atoms with E-state index in [2.05, 4.69) is 25.9 Å². The molecule has 0 aromatic carbocycles. The van der Waals surface area contributed by atoms with Crippen molar-refractivity contribution in [3.05, 3.63) is 12.7 Å². The van der Waals surface area contributed by atoms with Gasteiger partial charge in [-0.25, -0.2) is 5.43 Å². The molecule has 0 rings (SSSR count). The minimum Gasteiger partial charge on any atom is -0.274 e. The molecule has 3 nitrogen and oxygen atoms in total. The SMILES string of the molecule is C=CC(=O)N(CCCC)NCCCCCC. The summed E-state index contributed by atoms with van der Waals surface area (Å²) in [4.78, 5) is 11.5. The van der Waals surface area contributed by atoms with Crippen LogP contribution in [0.15, 0.2) is 12.7 Å². The zero-order valence-corrected chi connectivity index (χ0v) is 10.8. The van der Waals surface area contributed by atoms with Gasteiger partial charge in [-0.15, -0.1) is 0 Å². The predicted molar refractivity (Wildman–Crippen MR) is 69.0 cm³/mol. The molecule has 16 heavy (non-hydrogen) atoms. The van der Waals surface area contributed by atoms with E-state index in [1.54, 1.807) is 5.01 Å². The molecule has 0 fully saturated rings. The van der Waals surface area contributed by atoms with Crippen molar-refractivity contribution in [2.24, 2.45) is 0 Å². The Kier molecular flexibility index (Phi) is 10.1. The van der Waals surface area contributed by atoms with Gasteiger partial charge in [0, 0.05) is 13.1 Å². The Morgan fingerprint density at radius 1 is 1.19 bits per heavy atom. The van der Waals surface area contributed by atoms with Crippen LogP contribution in [0.5, 0.6) is 0 Å². The number of amides is 1. The Balaban J connectivity index is 3.73. The topological polar surface area (TPSA) is 32.3 Å². The lowest BCUT2D eigenvalue weighted by Crippen LogP contribution is -2.43. The first-order chi connectivity index (χ1) is 7.76. The highest BCUT2D eigenvalue weighted by atomic mass is 16.2. The van der Waals surface area contributed by atoms with Crippen LogP contribution >= 0.6 is 0 Å². The molecule has 0 heterocycles. The molecule has 1 amide bonds. The fourth-order valence-electron chi connectivity index (χ4n) is 1.46. The third-order valence-electron chi connectivity index (χ3n) is 2.51. The number of nitrogens with zero attached hydrogens (tertiary/aromatic N) is 1. The van der Waals surface area contributed by atoms with Gasteiger partial charge in [0.2, 0.25) is 0 Å². The average Bonchev–Trinajstić information content (AvgIpc) is 2.31. The lowest BCUT2D eigenvalue weighted by molar-refractivity contribution is -0.129. The maximum absolute atomic E-state index is 11.5. The average molecular weight is 226 g/mol. The second-order valence-corrected chi connectivity index (χ2v) is 4.02. The van der Waals surface area contributed by atoms with Gasteiger partial charge in [-0.1, -0.05) is 46.1 Å². The number of carbonyl (C=O) groups excluding carboxylic acids is 1. The van der Waals surface area contributed by atoms with E-state index in [1.807, 2.05) is 0 Å². The summed E-state index contributed by atoms with van der Waals surface area (Å²) < 4.78 is 0. The molecule has 0 bridgehead atoms. The summed E-state index contributed by atoms with van der Waals surface area (Å²) in [6.07, 6.45) is 8.36. The van der Waals surface area contributed by atoms with Gasteiger partial charge < -0.3 is 0 Å². The minimum atomic E-state index is -0.0241. The highest BCUT2D eigenvalue weighted by Crippen LogP contribution is 1.98. The third-order valence-corrected chi connectivity index (χ3v) is 2.51. The minimum absolute atomic E-state index is 0.0241. The van der Waals surface area contributed by atoms with Gasteiger partial charge in [0.25, 0.3) is 5.91 Å². The molecule has 0 aliphatic heterocycles. The fourth-order valence-corrected chi connectivity index (χ4v) is 1.46. The maximum Gasteiger partial charge on any atom is 0.260 e. The third kappa shape index (κ3) is 7.46. The second kappa shape index (κ2) is 10.7. The van der Waals surface area contributed by atoms with E-state index in [-0.39, 0.29) is 5.91 Å². The van der Waals surface area contributed by atoms with Crippen LogP contribution in [-0.4, -0.2) is 24.0 Å². The van der Waals surface area contributed by atoms with Crippen LogP contribution < -0.4 is 5.43 Å². The van der Waals surface area contributed by atoms with Gasteiger partial charge >= 0.3 is 0 Å². The lowest BCUT2D eigenvalue weighted by atomic mass is 10.2. The molecule has 0 atom stereocenters. The zero-order chi connectivity index (χ0) is 12.2. The number of unbranched alkanes of at least 4 members (excludes halogenated alkanes) is 4. The Morgan fingerprint density at radius 3 is 2.44 bits per heavy atom. The monoisotopic (exact) mass is 226 g/mol. The number of hydrazine groups is 1. The molecular weight excluding hydrogens is 200 g/mol. The van der Waals surface area contributed by atoms with E-state index >= 15 is 0 Å². The number of hydrogen-bond donors (Lipinski definition) is 1. The van der Waals surface area contributed by atoms with Crippen LogP contribution in [0.2, 0.25) is 0 Å². The largest absolute Gasteiger partial charge is 0.274 e. The Labute approximate surface area is 99.9 Å². The zero-order valence-electron chi connectivity index (χ0n) is 10.8. The van der Waals surface area contributed by atoms with Crippen LogP contribution in [0.25, 0.3) is 0 Å². The summed E-state index contributed by atoms with van der Waals surface area (Å²) in [5.74, 6) is -0.0241. The van der Waals surface area contributed by atoms with Crippen molar-refractivity contribution in [2.75, 3.05) is 13.1 Å². The first kappa shape index (κ1) is 15.2. The van der Waals surface area contributed by atoms with Crippen LogP contribution in [-0.2, 0) is 4.79 Å². The van der Waals surface area contributed by atoms with Crippen molar-refractivity contribution >= 4 is 5.91 Å². The molecule has 0 saturated heterocycles. The molecule has 0 saturated carbocycles. The van der Waals surface area contributed by atoms with E-state index in [0.29, 0.717) is 0 Å². The summed E-state index contributed by atoms with van der Waals surface area (Å²) in [6.45, 7) is 9.49. The molecule has 3 heteroatoms. The van der Waals surface area contributed by atoms with Crippen molar-refractivity contribution in [3.63, 3.8) is 0 Å². The number of carbonyl (C=O) groups is 1. The molecular formula is C13H26N2O. The number of rotatable bonds is 10. The Bertz CT molecular complexity index is 192. The first-order valence-electron chi connectivity index (χ1n) is 6.43. The molecule has 0 spiro atoms. The van der Waals surface area contributed by atoms with Crippen LogP contribution in [0, 0.1) is 0 Å². The fraction of sp³-hybridized carbons (Fsp3) is 0.769. The van der Waals surface area contributed by atoms with Crippen molar-refractivity contribution in [2.45, 2.75) is 52.4 Å². The standard InChI is InChI=1S/C13H26N2O/c1-4-7-9-10-11-14-15(12-8-5-2)13(16)6-3/h6,14H,3-5,7-12H2,1-2H3. The lowest BCUT2D eigenvalue weighted by Gasteiger charge is -2.21. The summed E-state index contributed by atoms with van der Waals surface area (Å²) in [5.41, 5.74) is 3.18. The highest BCUT2D eigenvalue weighted by molar-refractivity contribution is 5.86. The normalized spacial score (nSPS) is 10.1. The van der Waals surface area contributed by atoms with Gasteiger partial charge in [0.05, 0.1) is 0 Å². The van der Waals surface area contributed by atoms with Gasteiger partial charge in [-0.05, 0) is 18.9 Å². The van der Waals surface area contributed by atoms with Gasteiger partial charge in [0.1, 0.15) is 0 Å².